The molecular formula is C34H41F2N3O5S. The molecule has 4 unspecified atom stereocenters. The van der Waals surface area contributed by atoms with Crippen LogP contribution in [0.2, 0.25) is 0 Å². The van der Waals surface area contributed by atoms with Crippen LogP contribution in [0, 0.1) is 29.4 Å². The van der Waals surface area contributed by atoms with Crippen molar-refractivity contribution in [3.8, 4) is 17.0 Å². The highest BCUT2D eigenvalue weighted by Crippen LogP contribution is 2.45. The van der Waals surface area contributed by atoms with Crippen LogP contribution in [0.25, 0.3) is 11.3 Å². The Bertz CT molecular complexity index is 1650. The summed E-state index contributed by atoms with van der Waals surface area (Å²) in [6.07, 6.45) is 5.85. The third-order valence-corrected chi connectivity index (χ3v) is 11.3. The van der Waals surface area contributed by atoms with Crippen LogP contribution in [-0.4, -0.2) is 54.1 Å². The summed E-state index contributed by atoms with van der Waals surface area (Å²) >= 11 is 0. The fourth-order valence-electron chi connectivity index (χ4n) is 7.31. The molecule has 0 bridgehead atoms. The second kappa shape index (κ2) is 13.5. The highest BCUT2D eigenvalue weighted by molar-refractivity contribution is 7.91. The summed E-state index contributed by atoms with van der Waals surface area (Å²) in [6, 6.07) is 7.00. The van der Waals surface area contributed by atoms with Crippen molar-refractivity contribution in [3.63, 3.8) is 0 Å². The number of hydrogen-bond acceptors (Lipinski definition) is 7. The van der Waals surface area contributed by atoms with Gasteiger partial charge in [0.25, 0.3) is 5.91 Å². The van der Waals surface area contributed by atoms with Crippen molar-refractivity contribution in [2.75, 3.05) is 23.9 Å². The van der Waals surface area contributed by atoms with Gasteiger partial charge in [-0.1, -0.05) is 27.2 Å². The molecule has 3 aromatic rings. The van der Waals surface area contributed by atoms with E-state index in [2.05, 4.69) is 36.1 Å². The topological polar surface area (TPSA) is 118 Å². The number of nitrogens with one attached hydrogen (secondary N) is 1. The van der Waals surface area contributed by atoms with Crippen molar-refractivity contribution in [1.82, 2.24) is 9.97 Å². The predicted octanol–water partition coefficient (Wildman–Crippen LogP) is 6.51. The van der Waals surface area contributed by atoms with Crippen molar-refractivity contribution in [3.05, 3.63) is 71.2 Å². The minimum Gasteiger partial charge on any atom is -0.496 e. The van der Waals surface area contributed by atoms with E-state index in [4.69, 9.17) is 4.74 Å². The van der Waals surface area contributed by atoms with E-state index in [-0.39, 0.29) is 52.0 Å². The molecule has 1 aromatic carbocycles. The molecule has 11 heteroatoms. The Kier molecular flexibility index (Phi) is 9.88. The molecule has 2 aliphatic rings. The number of benzene rings is 1. The number of amides is 1. The summed E-state index contributed by atoms with van der Waals surface area (Å²) in [6.45, 7) is 6.41. The maximum Gasteiger partial charge on any atom is 0.274 e. The summed E-state index contributed by atoms with van der Waals surface area (Å²) in [5.41, 5.74) is 1.19. The van der Waals surface area contributed by atoms with Gasteiger partial charge in [-0.3, -0.25) is 9.78 Å². The highest BCUT2D eigenvalue weighted by atomic mass is 32.2. The van der Waals surface area contributed by atoms with Crippen LogP contribution < -0.4 is 10.1 Å². The maximum absolute atomic E-state index is 15.6. The van der Waals surface area contributed by atoms with Crippen LogP contribution >= 0.6 is 0 Å². The third kappa shape index (κ3) is 7.04. The van der Waals surface area contributed by atoms with E-state index >= 15 is 8.78 Å². The first-order chi connectivity index (χ1) is 21.4. The van der Waals surface area contributed by atoms with E-state index < -0.39 is 33.5 Å². The number of aliphatic hydroxyl groups is 1. The summed E-state index contributed by atoms with van der Waals surface area (Å²) in [5, 5.41) is 13.9. The average Bonchev–Trinajstić information content (AvgIpc) is 3.00. The number of aromatic nitrogens is 2. The van der Waals surface area contributed by atoms with Crippen LogP contribution in [0.1, 0.15) is 86.3 Å². The van der Waals surface area contributed by atoms with Gasteiger partial charge in [-0.15, -0.1) is 0 Å². The number of carbonyl (C=O) groups is 1. The Morgan fingerprint density at radius 2 is 1.82 bits per heavy atom. The molecule has 2 N–H and O–H groups in total. The van der Waals surface area contributed by atoms with Crippen LogP contribution in [0.4, 0.5) is 14.5 Å². The lowest BCUT2D eigenvalue weighted by Gasteiger charge is -2.42. The van der Waals surface area contributed by atoms with Crippen molar-refractivity contribution >= 4 is 21.4 Å². The molecule has 242 valence electrons. The van der Waals surface area contributed by atoms with Gasteiger partial charge >= 0.3 is 0 Å². The molecule has 45 heavy (non-hydrogen) atoms. The lowest BCUT2D eigenvalue weighted by molar-refractivity contribution is -0.00295. The normalized spacial score (nSPS) is 23.6. The molecular weight excluding hydrogens is 600 g/mol. The molecule has 2 fully saturated rings. The van der Waals surface area contributed by atoms with Crippen molar-refractivity contribution in [1.29, 1.82) is 0 Å². The number of pyridine rings is 2. The number of carbonyl (C=O) groups excluding carboxylic acids is 1. The second-order valence-electron chi connectivity index (χ2n) is 12.7. The van der Waals surface area contributed by atoms with Gasteiger partial charge in [-0.2, -0.15) is 0 Å². The van der Waals surface area contributed by atoms with E-state index in [0.29, 0.717) is 42.3 Å². The number of anilines is 1. The lowest BCUT2D eigenvalue weighted by atomic mass is 9.65. The van der Waals surface area contributed by atoms with Crippen molar-refractivity contribution in [2.45, 2.75) is 70.8 Å². The molecule has 3 heterocycles. The quantitative estimate of drug-likeness (QED) is 0.288. The minimum absolute atomic E-state index is 0.0103. The zero-order valence-corrected chi connectivity index (χ0v) is 26.9. The van der Waals surface area contributed by atoms with E-state index in [9.17, 15) is 18.3 Å². The van der Waals surface area contributed by atoms with Gasteiger partial charge in [-0.25, -0.2) is 22.2 Å². The number of nitrogens with zero attached hydrogens (tertiary/aromatic N) is 2. The monoisotopic (exact) mass is 641 g/mol. The Morgan fingerprint density at radius 1 is 1.09 bits per heavy atom. The molecule has 1 saturated carbocycles. The van der Waals surface area contributed by atoms with Crippen molar-refractivity contribution in [2.24, 2.45) is 17.8 Å². The molecule has 0 radical (unpaired) electrons. The van der Waals surface area contributed by atoms with Gasteiger partial charge in [0.15, 0.2) is 0 Å². The van der Waals surface area contributed by atoms with Gasteiger partial charge in [0.2, 0.25) is 0 Å². The summed E-state index contributed by atoms with van der Waals surface area (Å²) in [4.78, 5) is 21.9. The third-order valence-electron chi connectivity index (χ3n) is 9.58. The van der Waals surface area contributed by atoms with Crippen LogP contribution in [0.15, 0.2) is 42.7 Å². The number of sulfone groups is 1. The number of ether oxygens (including phenoxy) is 1. The van der Waals surface area contributed by atoms with Crippen LogP contribution in [0.5, 0.6) is 5.75 Å². The molecule has 8 nitrogen and oxygen atoms in total. The standard InChI is InChI=1S/C34H41F2N3O5S/c1-5-20-14-23(16-29(40)31(20)19(2)3)24-8-11-37-18-28(24)39-34(41)27-7-6-25(35)33(38-27)32-26(36)15-22(17-30(32)44-4)21-9-12-45(42,43)13-10-21/h6-8,11,15,17-21,23,29,31,40H,5,9-10,12-14,16H2,1-4H3,(H,39,41). The zero-order chi connectivity index (χ0) is 32.5. The Morgan fingerprint density at radius 3 is 2.49 bits per heavy atom. The Hall–Kier alpha value is -3.44. The van der Waals surface area contributed by atoms with E-state index in [1.54, 1.807) is 18.5 Å². The first kappa shape index (κ1) is 32.9. The molecule has 2 aromatic heterocycles. The van der Waals surface area contributed by atoms with E-state index in [1.807, 2.05) is 6.07 Å². The molecule has 1 aliphatic carbocycles. The van der Waals surface area contributed by atoms with Crippen LogP contribution in [-0.2, 0) is 9.84 Å². The largest absolute Gasteiger partial charge is 0.496 e. The number of methoxy groups -OCH3 is 1. The fraction of sp³-hybridized carbons (Fsp3) is 0.500. The second-order valence-corrected chi connectivity index (χ2v) is 15.0. The van der Waals surface area contributed by atoms with E-state index in [0.717, 1.165) is 24.5 Å². The van der Waals surface area contributed by atoms with E-state index in [1.165, 1.54) is 19.2 Å². The Balaban J connectivity index is 1.41. The molecule has 0 spiro atoms. The Labute approximate surface area is 263 Å². The predicted molar refractivity (Wildman–Crippen MR) is 169 cm³/mol. The van der Waals surface area contributed by atoms with Gasteiger partial charge in [0, 0.05) is 6.20 Å². The molecule has 1 aliphatic heterocycles. The smallest absolute Gasteiger partial charge is 0.274 e. The zero-order valence-electron chi connectivity index (χ0n) is 26.1. The van der Waals surface area contributed by atoms with Crippen LogP contribution in [0.3, 0.4) is 0 Å². The first-order valence-electron chi connectivity index (χ1n) is 15.6. The number of hydrogen-bond donors (Lipinski definition) is 2. The molecule has 1 amide bonds. The highest BCUT2D eigenvalue weighted by Gasteiger charge is 2.39. The van der Waals surface area contributed by atoms with Gasteiger partial charge in [0.05, 0.1) is 42.2 Å². The average molecular weight is 642 g/mol. The minimum atomic E-state index is -3.10. The van der Waals surface area contributed by atoms with Gasteiger partial charge in [-0.05, 0) is 96.7 Å². The van der Waals surface area contributed by atoms with Gasteiger partial charge in [0.1, 0.15) is 38.6 Å². The molecule has 1 saturated heterocycles. The summed E-state index contributed by atoms with van der Waals surface area (Å²) in [5.74, 6) is -1.42. The maximum atomic E-state index is 15.6. The lowest BCUT2D eigenvalue weighted by Crippen LogP contribution is -2.38. The number of rotatable bonds is 8. The number of aliphatic hydroxyl groups excluding tert-OH is 1. The first-order valence-corrected chi connectivity index (χ1v) is 17.4. The summed E-state index contributed by atoms with van der Waals surface area (Å²) in [7, 11) is -1.77. The van der Waals surface area contributed by atoms with Gasteiger partial charge < -0.3 is 15.2 Å². The SMILES string of the molecule is CCC1CC(c2ccncc2NC(=O)c2ccc(F)c(-c3c(F)cc(C4CCS(=O)(=O)CC4)cc3OC)n2)CC(O)C1C(C)C. The van der Waals surface area contributed by atoms with Crippen molar-refractivity contribution < 1.29 is 31.8 Å². The number of halogens is 2. The fourth-order valence-corrected chi connectivity index (χ4v) is 8.80. The summed E-state index contributed by atoms with van der Waals surface area (Å²) < 4.78 is 60.0. The molecule has 4 atom stereocenters. The molecule has 5 rings (SSSR count).